The number of nitrogens with zero attached hydrogens (tertiary/aromatic N) is 3. The number of carbonyl (C=O) groups is 1. The number of pyridine rings is 1. The lowest BCUT2D eigenvalue weighted by atomic mass is 10.0. The third-order valence-corrected chi connectivity index (χ3v) is 4.18. The van der Waals surface area contributed by atoms with Crippen LogP contribution in [-0.4, -0.2) is 28.1 Å². The molecule has 7 nitrogen and oxygen atoms in total. The molecule has 0 bridgehead atoms. The van der Waals surface area contributed by atoms with E-state index in [-0.39, 0.29) is 18.4 Å². The van der Waals surface area contributed by atoms with Crippen molar-refractivity contribution < 1.29 is 14.1 Å². The Hall–Kier alpha value is -3.22. The normalized spacial score (nSPS) is 11.8. The van der Waals surface area contributed by atoms with Crippen LogP contribution in [0.2, 0.25) is 0 Å². The summed E-state index contributed by atoms with van der Waals surface area (Å²) in [7, 11) is 1.62. The second-order valence-electron chi connectivity index (χ2n) is 6.29. The van der Waals surface area contributed by atoms with E-state index >= 15 is 0 Å². The highest BCUT2D eigenvalue weighted by molar-refractivity contribution is 5.76. The SMILES string of the molecule is COc1ccc(C)cc1C(C)NC(=O)CCc1nc(-c2cccnc2)no1. The average molecular weight is 366 g/mol. The quantitative estimate of drug-likeness (QED) is 0.690. The van der Waals surface area contributed by atoms with Crippen LogP contribution in [0.5, 0.6) is 5.75 Å². The first-order valence-corrected chi connectivity index (χ1v) is 8.73. The van der Waals surface area contributed by atoms with Gasteiger partial charge in [0.25, 0.3) is 0 Å². The van der Waals surface area contributed by atoms with Crippen LogP contribution in [0.15, 0.2) is 47.2 Å². The largest absolute Gasteiger partial charge is 0.496 e. The van der Waals surface area contributed by atoms with Gasteiger partial charge >= 0.3 is 0 Å². The van der Waals surface area contributed by atoms with Crippen molar-refractivity contribution in [2.24, 2.45) is 0 Å². The maximum atomic E-state index is 12.3. The van der Waals surface area contributed by atoms with Crippen molar-refractivity contribution >= 4 is 5.91 Å². The Bertz CT molecular complexity index is 909. The van der Waals surface area contributed by atoms with E-state index in [1.54, 1.807) is 25.6 Å². The van der Waals surface area contributed by atoms with Crippen LogP contribution in [0.25, 0.3) is 11.4 Å². The molecule has 1 N–H and O–H groups in total. The van der Waals surface area contributed by atoms with Crippen LogP contribution < -0.4 is 10.1 Å². The number of nitrogens with one attached hydrogen (secondary N) is 1. The Kier molecular flexibility index (Phi) is 5.80. The highest BCUT2D eigenvalue weighted by Gasteiger charge is 2.16. The highest BCUT2D eigenvalue weighted by Crippen LogP contribution is 2.26. The second-order valence-corrected chi connectivity index (χ2v) is 6.29. The van der Waals surface area contributed by atoms with Gasteiger partial charge in [-0.15, -0.1) is 0 Å². The van der Waals surface area contributed by atoms with Crippen LogP contribution in [0.3, 0.4) is 0 Å². The number of ether oxygens (including phenoxy) is 1. The molecule has 0 aliphatic rings. The average Bonchev–Trinajstić information content (AvgIpc) is 3.16. The molecule has 0 aliphatic heterocycles. The number of carbonyl (C=O) groups excluding carboxylic acids is 1. The number of rotatable bonds is 7. The Balaban J connectivity index is 1.57. The van der Waals surface area contributed by atoms with Crippen molar-refractivity contribution in [1.29, 1.82) is 0 Å². The summed E-state index contributed by atoms with van der Waals surface area (Å²) >= 11 is 0. The molecular weight excluding hydrogens is 344 g/mol. The van der Waals surface area contributed by atoms with Crippen molar-refractivity contribution in [2.45, 2.75) is 32.7 Å². The number of aromatic nitrogens is 3. The zero-order chi connectivity index (χ0) is 19.2. The predicted octanol–water partition coefficient (Wildman–Crippen LogP) is 3.26. The lowest BCUT2D eigenvalue weighted by Crippen LogP contribution is -2.27. The molecule has 0 radical (unpaired) electrons. The Labute approximate surface area is 157 Å². The zero-order valence-electron chi connectivity index (χ0n) is 15.6. The third-order valence-electron chi connectivity index (χ3n) is 4.18. The minimum absolute atomic E-state index is 0.0906. The topological polar surface area (TPSA) is 90.1 Å². The highest BCUT2D eigenvalue weighted by atomic mass is 16.5. The Morgan fingerprint density at radius 1 is 1.33 bits per heavy atom. The van der Waals surface area contributed by atoms with Gasteiger partial charge in [-0.2, -0.15) is 4.98 Å². The van der Waals surface area contributed by atoms with Gasteiger partial charge in [0.05, 0.1) is 13.2 Å². The summed E-state index contributed by atoms with van der Waals surface area (Å²) in [5.41, 5.74) is 2.83. The molecule has 1 aromatic carbocycles. The first kappa shape index (κ1) is 18.6. The smallest absolute Gasteiger partial charge is 0.227 e. The molecule has 3 aromatic rings. The third kappa shape index (κ3) is 4.69. The van der Waals surface area contributed by atoms with Crippen LogP contribution in [-0.2, 0) is 11.2 Å². The number of aryl methyl sites for hydroxylation is 2. The molecule has 27 heavy (non-hydrogen) atoms. The van der Waals surface area contributed by atoms with E-state index in [9.17, 15) is 4.79 Å². The van der Waals surface area contributed by atoms with E-state index in [0.717, 1.165) is 22.4 Å². The molecule has 2 heterocycles. The fraction of sp³-hybridized carbons (Fsp3) is 0.300. The summed E-state index contributed by atoms with van der Waals surface area (Å²) in [6.45, 7) is 3.94. The summed E-state index contributed by atoms with van der Waals surface area (Å²) in [5.74, 6) is 1.56. The van der Waals surface area contributed by atoms with Gasteiger partial charge in [-0.3, -0.25) is 9.78 Å². The maximum absolute atomic E-state index is 12.3. The van der Waals surface area contributed by atoms with E-state index in [1.165, 1.54) is 0 Å². The molecule has 0 saturated heterocycles. The van der Waals surface area contributed by atoms with E-state index < -0.39 is 0 Å². The molecule has 1 atom stereocenters. The van der Waals surface area contributed by atoms with Gasteiger partial charge in [-0.05, 0) is 32.0 Å². The van der Waals surface area contributed by atoms with E-state index in [1.807, 2.05) is 38.1 Å². The summed E-state index contributed by atoms with van der Waals surface area (Å²) in [4.78, 5) is 20.7. The van der Waals surface area contributed by atoms with Crippen molar-refractivity contribution in [1.82, 2.24) is 20.4 Å². The maximum Gasteiger partial charge on any atom is 0.227 e. The molecular formula is C20H22N4O3. The minimum atomic E-state index is -0.166. The summed E-state index contributed by atoms with van der Waals surface area (Å²) in [6, 6.07) is 9.39. The first-order valence-electron chi connectivity index (χ1n) is 8.73. The lowest BCUT2D eigenvalue weighted by molar-refractivity contribution is -0.121. The molecule has 7 heteroatoms. The predicted molar refractivity (Wildman–Crippen MR) is 100 cm³/mol. The van der Waals surface area contributed by atoms with E-state index in [2.05, 4.69) is 20.4 Å². The van der Waals surface area contributed by atoms with Gasteiger partial charge < -0.3 is 14.6 Å². The molecule has 140 valence electrons. The van der Waals surface area contributed by atoms with Gasteiger partial charge in [0.15, 0.2) is 0 Å². The monoisotopic (exact) mass is 366 g/mol. The molecule has 0 saturated carbocycles. The fourth-order valence-corrected chi connectivity index (χ4v) is 2.77. The standard InChI is InChI=1S/C20H22N4O3/c1-13-6-7-17(26-3)16(11-13)14(2)22-18(25)8-9-19-23-20(24-27-19)15-5-4-10-21-12-15/h4-7,10-12,14H,8-9H2,1-3H3,(H,22,25). The van der Waals surface area contributed by atoms with Gasteiger partial charge in [0.1, 0.15) is 5.75 Å². The molecule has 0 spiro atoms. The van der Waals surface area contributed by atoms with Crippen LogP contribution in [0.1, 0.15) is 36.4 Å². The summed E-state index contributed by atoms with van der Waals surface area (Å²) in [6.07, 6.45) is 3.97. The Morgan fingerprint density at radius 3 is 2.93 bits per heavy atom. The molecule has 0 fully saturated rings. The van der Waals surface area contributed by atoms with E-state index in [0.29, 0.717) is 18.1 Å². The molecule has 2 aromatic heterocycles. The molecule has 0 aliphatic carbocycles. The van der Waals surface area contributed by atoms with Crippen molar-refractivity contribution in [3.63, 3.8) is 0 Å². The van der Waals surface area contributed by atoms with Gasteiger partial charge in [-0.25, -0.2) is 0 Å². The minimum Gasteiger partial charge on any atom is -0.496 e. The second kappa shape index (κ2) is 8.44. The van der Waals surface area contributed by atoms with E-state index in [4.69, 9.17) is 9.26 Å². The lowest BCUT2D eigenvalue weighted by Gasteiger charge is -2.17. The van der Waals surface area contributed by atoms with Gasteiger partial charge in [-0.1, -0.05) is 22.9 Å². The Morgan fingerprint density at radius 2 is 2.19 bits per heavy atom. The fourth-order valence-electron chi connectivity index (χ4n) is 2.77. The van der Waals surface area contributed by atoms with Crippen molar-refractivity contribution in [2.75, 3.05) is 7.11 Å². The number of benzene rings is 1. The summed E-state index contributed by atoms with van der Waals surface area (Å²) in [5, 5.41) is 6.92. The molecule has 3 rings (SSSR count). The van der Waals surface area contributed by atoms with Crippen LogP contribution >= 0.6 is 0 Å². The number of hydrogen-bond acceptors (Lipinski definition) is 6. The van der Waals surface area contributed by atoms with Crippen LogP contribution in [0, 0.1) is 6.92 Å². The first-order chi connectivity index (χ1) is 13.1. The zero-order valence-corrected chi connectivity index (χ0v) is 15.6. The van der Waals surface area contributed by atoms with Crippen LogP contribution in [0.4, 0.5) is 0 Å². The molecule has 1 amide bonds. The summed E-state index contributed by atoms with van der Waals surface area (Å²) < 4.78 is 10.6. The number of amides is 1. The number of hydrogen-bond donors (Lipinski definition) is 1. The number of methoxy groups -OCH3 is 1. The van der Waals surface area contributed by atoms with Crippen molar-refractivity contribution in [3.05, 3.63) is 59.7 Å². The molecule has 1 unspecified atom stereocenters. The van der Waals surface area contributed by atoms with Gasteiger partial charge in [0.2, 0.25) is 17.6 Å². The van der Waals surface area contributed by atoms with Crippen molar-refractivity contribution in [3.8, 4) is 17.1 Å². The van der Waals surface area contributed by atoms with Gasteiger partial charge in [0, 0.05) is 36.4 Å².